The molecule has 0 aliphatic heterocycles. The van der Waals surface area contributed by atoms with E-state index in [9.17, 15) is 9.59 Å². The van der Waals surface area contributed by atoms with Gasteiger partial charge in [0.1, 0.15) is 6.54 Å². The third-order valence-electron chi connectivity index (χ3n) is 1.97. The molecular weight excluding hydrogens is 198 g/mol. The molecule has 0 rings (SSSR count). The minimum Gasteiger partial charge on any atom is -0.480 e. The summed E-state index contributed by atoms with van der Waals surface area (Å²) in [5, 5.41) is 10.6. The molecule has 0 radical (unpaired) electrons. The molecule has 0 saturated heterocycles. The summed E-state index contributed by atoms with van der Waals surface area (Å²) in [7, 11) is 0. The average molecular weight is 217 g/mol. The highest BCUT2D eigenvalue weighted by atomic mass is 16.4. The number of hydrogen-bond acceptors (Lipinski definition) is 4. The Hall–Kier alpha value is -1.14. The maximum atomic E-state index is 11.2. The molecule has 0 aromatic heterocycles. The van der Waals surface area contributed by atoms with E-state index in [1.54, 1.807) is 0 Å². The number of amides is 1. The van der Waals surface area contributed by atoms with E-state index in [0.29, 0.717) is 13.0 Å². The number of nitrogens with two attached hydrogens (primary N) is 2. The zero-order valence-corrected chi connectivity index (χ0v) is 8.74. The predicted octanol–water partition coefficient (Wildman–Crippen LogP) is -0.966. The SMILES string of the molecule is NCCCCCC(N)C(=O)NCC(=O)O. The van der Waals surface area contributed by atoms with E-state index < -0.39 is 17.9 Å². The predicted molar refractivity (Wildman–Crippen MR) is 56.1 cm³/mol. The number of carbonyl (C=O) groups is 2. The van der Waals surface area contributed by atoms with Crippen LogP contribution in [0.5, 0.6) is 0 Å². The Morgan fingerprint density at radius 2 is 1.93 bits per heavy atom. The van der Waals surface area contributed by atoms with Crippen LogP contribution in [0.2, 0.25) is 0 Å². The van der Waals surface area contributed by atoms with Crippen molar-refractivity contribution >= 4 is 11.9 Å². The summed E-state index contributed by atoms with van der Waals surface area (Å²) in [4.78, 5) is 21.3. The van der Waals surface area contributed by atoms with E-state index in [2.05, 4.69) is 5.32 Å². The molecule has 1 unspecified atom stereocenters. The molecule has 0 aromatic rings. The molecule has 6 heteroatoms. The van der Waals surface area contributed by atoms with Crippen molar-refractivity contribution in [2.45, 2.75) is 31.7 Å². The number of hydrogen-bond donors (Lipinski definition) is 4. The highest BCUT2D eigenvalue weighted by molar-refractivity contribution is 5.84. The highest BCUT2D eigenvalue weighted by Gasteiger charge is 2.13. The summed E-state index contributed by atoms with van der Waals surface area (Å²) >= 11 is 0. The van der Waals surface area contributed by atoms with Crippen LogP contribution in [0.15, 0.2) is 0 Å². The number of unbranched alkanes of at least 4 members (excludes halogenated alkanes) is 2. The molecule has 0 fully saturated rings. The van der Waals surface area contributed by atoms with Crippen LogP contribution in [0.4, 0.5) is 0 Å². The van der Waals surface area contributed by atoms with Crippen LogP contribution in [0.3, 0.4) is 0 Å². The van der Waals surface area contributed by atoms with Gasteiger partial charge < -0.3 is 21.9 Å². The number of aliphatic carboxylic acids is 1. The van der Waals surface area contributed by atoms with Gasteiger partial charge in [-0.2, -0.15) is 0 Å². The third-order valence-corrected chi connectivity index (χ3v) is 1.97. The van der Waals surface area contributed by atoms with Gasteiger partial charge in [-0.15, -0.1) is 0 Å². The lowest BCUT2D eigenvalue weighted by molar-refractivity contribution is -0.138. The van der Waals surface area contributed by atoms with Crippen molar-refractivity contribution in [1.82, 2.24) is 5.32 Å². The molecular formula is C9H19N3O3. The first-order valence-electron chi connectivity index (χ1n) is 5.03. The van der Waals surface area contributed by atoms with Gasteiger partial charge in [-0.3, -0.25) is 9.59 Å². The van der Waals surface area contributed by atoms with Crippen molar-refractivity contribution in [3.63, 3.8) is 0 Å². The summed E-state index contributed by atoms with van der Waals surface area (Å²) in [5.74, 6) is -1.48. The van der Waals surface area contributed by atoms with Gasteiger partial charge in [-0.05, 0) is 19.4 Å². The average Bonchev–Trinajstić information content (AvgIpc) is 2.20. The van der Waals surface area contributed by atoms with E-state index >= 15 is 0 Å². The quantitative estimate of drug-likeness (QED) is 0.390. The second kappa shape index (κ2) is 8.19. The topological polar surface area (TPSA) is 118 Å². The van der Waals surface area contributed by atoms with Gasteiger partial charge in [-0.25, -0.2) is 0 Å². The standard InChI is InChI=1S/C9H19N3O3/c10-5-3-1-2-4-7(11)9(15)12-6-8(13)14/h7H,1-6,10-11H2,(H,12,15)(H,13,14). The molecule has 0 bridgehead atoms. The van der Waals surface area contributed by atoms with Crippen LogP contribution < -0.4 is 16.8 Å². The van der Waals surface area contributed by atoms with Crippen LogP contribution in [0, 0.1) is 0 Å². The van der Waals surface area contributed by atoms with Gasteiger partial charge in [0.15, 0.2) is 0 Å². The lowest BCUT2D eigenvalue weighted by atomic mass is 10.1. The zero-order valence-electron chi connectivity index (χ0n) is 8.74. The molecule has 1 atom stereocenters. The molecule has 0 heterocycles. The Morgan fingerprint density at radius 3 is 2.47 bits per heavy atom. The van der Waals surface area contributed by atoms with E-state index in [4.69, 9.17) is 16.6 Å². The summed E-state index contributed by atoms with van der Waals surface area (Å²) in [5.41, 5.74) is 10.9. The molecule has 6 N–H and O–H groups in total. The Labute approximate surface area is 89.0 Å². The summed E-state index contributed by atoms with van der Waals surface area (Å²) in [6.07, 6.45) is 3.25. The number of carboxylic acid groups (broad SMARTS) is 1. The molecule has 0 aliphatic rings. The van der Waals surface area contributed by atoms with E-state index in [1.807, 2.05) is 0 Å². The molecule has 1 amide bonds. The van der Waals surface area contributed by atoms with E-state index in [0.717, 1.165) is 19.3 Å². The van der Waals surface area contributed by atoms with Gasteiger partial charge in [0.2, 0.25) is 5.91 Å². The van der Waals surface area contributed by atoms with Gasteiger partial charge >= 0.3 is 5.97 Å². The minimum absolute atomic E-state index is 0.380. The molecule has 0 saturated carbocycles. The van der Waals surface area contributed by atoms with Gasteiger partial charge in [0.05, 0.1) is 6.04 Å². The molecule has 0 aliphatic carbocycles. The molecule has 6 nitrogen and oxygen atoms in total. The van der Waals surface area contributed by atoms with Gasteiger partial charge in [0.25, 0.3) is 0 Å². The third kappa shape index (κ3) is 7.90. The first-order valence-corrected chi connectivity index (χ1v) is 5.03. The first kappa shape index (κ1) is 13.9. The first-order chi connectivity index (χ1) is 7.07. The Kier molecular flexibility index (Phi) is 7.57. The van der Waals surface area contributed by atoms with Gasteiger partial charge in [0, 0.05) is 0 Å². The lowest BCUT2D eigenvalue weighted by Gasteiger charge is -2.10. The normalized spacial score (nSPS) is 12.1. The lowest BCUT2D eigenvalue weighted by Crippen LogP contribution is -2.42. The van der Waals surface area contributed by atoms with Crippen molar-refractivity contribution in [1.29, 1.82) is 0 Å². The fourth-order valence-electron chi connectivity index (χ4n) is 1.11. The summed E-state index contributed by atoms with van der Waals surface area (Å²) in [6, 6.07) is -0.623. The maximum Gasteiger partial charge on any atom is 0.322 e. The van der Waals surface area contributed by atoms with Crippen molar-refractivity contribution < 1.29 is 14.7 Å². The maximum absolute atomic E-state index is 11.2. The summed E-state index contributed by atoms with van der Waals surface area (Å²) in [6.45, 7) is 0.260. The van der Waals surface area contributed by atoms with E-state index in [1.165, 1.54) is 0 Å². The minimum atomic E-state index is -1.07. The van der Waals surface area contributed by atoms with Crippen molar-refractivity contribution in [3.8, 4) is 0 Å². The second-order valence-corrected chi connectivity index (χ2v) is 3.36. The van der Waals surface area contributed by atoms with Crippen LogP contribution >= 0.6 is 0 Å². The number of nitrogens with one attached hydrogen (secondary N) is 1. The largest absolute Gasteiger partial charge is 0.480 e. The molecule has 0 aromatic carbocycles. The smallest absolute Gasteiger partial charge is 0.322 e. The van der Waals surface area contributed by atoms with E-state index in [-0.39, 0.29) is 6.54 Å². The number of rotatable bonds is 8. The molecule has 0 spiro atoms. The zero-order chi connectivity index (χ0) is 11.7. The Bertz CT molecular complexity index is 209. The fourth-order valence-corrected chi connectivity index (χ4v) is 1.11. The van der Waals surface area contributed by atoms with Crippen LogP contribution in [-0.2, 0) is 9.59 Å². The molecule has 15 heavy (non-hydrogen) atoms. The van der Waals surface area contributed by atoms with Crippen molar-refractivity contribution in [2.75, 3.05) is 13.1 Å². The van der Waals surface area contributed by atoms with Crippen molar-refractivity contribution in [2.24, 2.45) is 11.5 Å². The van der Waals surface area contributed by atoms with Crippen molar-refractivity contribution in [3.05, 3.63) is 0 Å². The highest BCUT2D eigenvalue weighted by Crippen LogP contribution is 2.01. The fraction of sp³-hybridized carbons (Fsp3) is 0.778. The summed E-state index contributed by atoms with van der Waals surface area (Å²) < 4.78 is 0. The monoisotopic (exact) mass is 217 g/mol. The Balaban J connectivity index is 3.55. The number of carboxylic acids is 1. The second-order valence-electron chi connectivity index (χ2n) is 3.36. The van der Waals surface area contributed by atoms with Crippen LogP contribution in [0.1, 0.15) is 25.7 Å². The molecule has 88 valence electrons. The van der Waals surface area contributed by atoms with Gasteiger partial charge in [-0.1, -0.05) is 12.8 Å². The Morgan fingerprint density at radius 1 is 1.27 bits per heavy atom. The number of carbonyl (C=O) groups excluding carboxylic acids is 1. The van der Waals surface area contributed by atoms with Crippen LogP contribution in [0.25, 0.3) is 0 Å². The van der Waals surface area contributed by atoms with Crippen LogP contribution in [-0.4, -0.2) is 36.1 Å².